The Labute approximate surface area is 120 Å². The predicted molar refractivity (Wildman–Crippen MR) is 72.6 cm³/mol. The third kappa shape index (κ3) is 4.69. The molecule has 0 aromatic carbocycles. The maximum Gasteiger partial charge on any atom is 0.308 e. The Morgan fingerprint density at radius 2 is 2.16 bits per heavy atom. The molecule has 5 nitrogen and oxygen atoms in total. The molecule has 0 saturated carbocycles. The monoisotopic (exact) mass is 304 g/mol. The molecule has 0 aliphatic carbocycles. The Morgan fingerprint density at radius 1 is 1.47 bits per heavy atom. The summed E-state index contributed by atoms with van der Waals surface area (Å²) in [4.78, 5) is 26.5. The molecule has 0 radical (unpaired) electrons. The minimum absolute atomic E-state index is 0.0717. The Balaban J connectivity index is 2.63. The van der Waals surface area contributed by atoms with E-state index in [9.17, 15) is 9.59 Å². The summed E-state index contributed by atoms with van der Waals surface area (Å²) in [6, 6.07) is 1.39. The third-order valence-corrected chi connectivity index (χ3v) is 3.24. The van der Waals surface area contributed by atoms with Gasteiger partial charge in [0.15, 0.2) is 0 Å². The van der Waals surface area contributed by atoms with Crippen molar-refractivity contribution in [2.75, 3.05) is 6.54 Å². The number of halogens is 2. The minimum atomic E-state index is -0.922. The first-order chi connectivity index (χ1) is 8.95. The van der Waals surface area contributed by atoms with Crippen LogP contribution in [0.1, 0.15) is 30.1 Å². The summed E-state index contributed by atoms with van der Waals surface area (Å²) in [7, 11) is 0. The zero-order valence-corrected chi connectivity index (χ0v) is 11.8. The fraction of sp³-hybridized carbons (Fsp3) is 0.417. The largest absolute Gasteiger partial charge is 0.481 e. The van der Waals surface area contributed by atoms with Crippen molar-refractivity contribution in [2.45, 2.75) is 19.8 Å². The van der Waals surface area contributed by atoms with E-state index in [1.165, 1.54) is 12.3 Å². The number of rotatable bonds is 6. The molecule has 1 rings (SSSR count). The fourth-order valence-electron chi connectivity index (χ4n) is 1.52. The lowest BCUT2D eigenvalue weighted by atomic mass is 10.0. The van der Waals surface area contributed by atoms with Crippen LogP contribution in [0.3, 0.4) is 0 Å². The molecule has 1 atom stereocenters. The van der Waals surface area contributed by atoms with Crippen molar-refractivity contribution < 1.29 is 14.7 Å². The van der Waals surface area contributed by atoms with Crippen LogP contribution in [0.15, 0.2) is 12.3 Å². The maximum atomic E-state index is 11.8. The molecular weight excluding hydrogens is 291 g/mol. The van der Waals surface area contributed by atoms with Crippen molar-refractivity contribution in [3.05, 3.63) is 28.0 Å². The van der Waals surface area contributed by atoms with Gasteiger partial charge >= 0.3 is 5.97 Å². The molecule has 2 N–H and O–H groups in total. The van der Waals surface area contributed by atoms with E-state index in [-0.39, 0.29) is 22.3 Å². The number of carbonyl (C=O) groups is 2. The summed E-state index contributed by atoms with van der Waals surface area (Å²) in [5, 5.41) is 11.8. The van der Waals surface area contributed by atoms with Gasteiger partial charge in [0.2, 0.25) is 0 Å². The second-order valence-electron chi connectivity index (χ2n) is 4.03. The van der Waals surface area contributed by atoms with Gasteiger partial charge < -0.3 is 10.4 Å². The van der Waals surface area contributed by atoms with Gasteiger partial charge in [0.05, 0.1) is 16.5 Å². The van der Waals surface area contributed by atoms with Crippen LogP contribution in [0.5, 0.6) is 0 Å². The van der Waals surface area contributed by atoms with Crippen molar-refractivity contribution in [1.29, 1.82) is 0 Å². The van der Waals surface area contributed by atoms with Gasteiger partial charge in [-0.1, -0.05) is 36.5 Å². The first-order valence-electron chi connectivity index (χ1n) is 5.77. The first-order valence-corrected chi connectivity index (χ1v) is 6.53. The van der Waals surface area contributed by atoms with E-state index in [1.54, 1.807) is 0 Å². The highest BCUT2D eigenvalue weighted by Crippen LogP contribution is 2.19. The van der Waals surface area contributed by atoms with Crippen LogP contribution in [-0.2, 0) is 4.79 Å². The summed E-state index contributed by atoms with van der Waals surface area (Å²) >= 11 is 11.4. The predicted octanol–water partition coefficient (Wildman–Crippen LogP) is 2.62. The summed E-state index contributed by atoms with van der Waals surface area (Å²) in [5.74, 6) is -1.94. The zero-order chi connectivity index (χ0) is 14.4. The van der Waals surface area contributed by atoms with Gasteiger partial charge in [0.1, 0.15) is 5.15 Å². The lowest BCUT2D eigenvalue weighted by molar-refractivity contribution is -0.141. The van der Waals surface area contributed by atoms with Crippen molar-refractivity contribution in [1.82, 2.24) is 10.3 Å². The molecule has 0 bridgehead atoms. The van der Waals surface area contributed by atoms with Crippen LogP contribution < -0.4 is 5.32 Å². The Hall–Kier alpha value is -1.33. The molecule has 0 aliphatic rings. The maximum absolute atomic E-state index is 11.8. The van der Waals surface area contributed by atoms with Crippen molar-refractivity contribution >= 4 is 35.1 Å². The Bertz CT molecular complexity index is 480. The average Bonchev–Trinajstić information content (AvgIpc) is 2.37. The summed E-state index contributed by atoms with van der Waals surface area (Å²) < 4.78 is 0. The SMILES string of the molecule is CCCC(CNC(=O)c1cnc(Cl)c(Cl)c1)C(=O)O. The Morgan fingerprint density at radius 3 is 2.68 bits per heavy atom. The van der Waals surface area contributed by atoms with E-state index in [1.807, 2.05) is 6.92 Å². The van der Waals surface area contributed by atoms with Crippen molar-refractivity contribution in [3.8, 4) is 0 Å². The zero-order valence-electron chi connectivity index (χ0n) is 10.3. The molecular formula is C12H14Cl2N2O3. The quantitative estimate of drug-likeness (QED) is 0.792. The molecule has 104 valence electrons. The number of pyridine rings is 1. The highest BCUT2D eigenvalue weighted by atomic mass is 35.5. The number of carboxylic acids is 1. The van der Waals surface area contributed by atoms with E-state index in [0.29, 0.717) is 6.42 Å². The van der Waals surface area contributed by atoms with E-state index in [0.717, 1.165) is 6.42 Å². The molecule has 1 unspecified atom stereocenters. The number of nitrogens with zero attached hydrogens (tertiary/aromatic N) is 1. The minimum Gasteiger partial charge on any atom is -0.481 e. The van der Waals surface area contributed by atoms with Crippen LogP contribution in [0, 0.1) is 5.92 Å². The van der Waals surface area contributed by atoms with Crippen LogP contribution in [0.2, 0.25) is 10.2 Å². The van der Waals surface area contributed by atoms with Gasteiger partial charge in [0, 0.05) is 12.7 Å². The summed E-state index contributed by atoms with van der Waals surface area (Å²) in [6.07, 6.45) is 2.54. The summed E-state index contributed by atoms with van der Waals surface area (Å²) in [6.45, 7) is 1.96. The number of aromatic nitrogens is 1. The normalized spacial score (nSPS) is 11.9. The first kappa shape index (κ1) is 15.7. The molecule has 1 amide bonds. The molecule has 1 aromatic heterocycles. The molecule has 7 heteroatoms. The smallest absolute Gasteiger partial charge is 0.308 e. The molecule has 0 fully saturated rings. The van der Waals surface area contributed by atoms with E-state index >= 15 is 0 Å². The number of amides is 1. The van der Waals surface area contributed by atoms with E-state index in [4.69, 9.17) is 28.3 Å². The average molecular weight is 305 g/mol. The van der Waals surface area contributed by atoms with Gasteiger partial charge in [-0.3, -0.25) is 9.59 Å². The number of hydrogen-bond donors (Lipinski definition) is 2. The standard InChI is InChI=1S/C12H14Cl2N2O3/c1-2-3-7(12(18)19)5-16-11(17)8-4-9(13)10(14)15-6-8/h4,6-7H,2-3,5H2,1H3,(H,16,17)(H,18,19). The van der Waals surface area contributed by atoms with Crippen LogP contribution in [-0.4, -0.2) is 28.5 Å². The molecule has 1 heterocycles. The highest BCUT2D eigenvalue weighted by molar-refractivity contribution is 6.41. The lowest BCUT2D eigenvalue weighted by Gasteiger charge is -2.12. The second-order valence-corrected chi connectivity index (χ2v) is 4.80. The van der Waals surface area contributed by atoms with Gasteiger partial charge in [-0.15, -0.1) is 0 Å². The third-order valence-electron chi connectivity index (χ3n) is 2.55. The second kappa shape index (κ2) is 7.31. The van der Waals surface area contributed by atoms with Crippen LogP contribution >= 0.6 is 23.2 Å². The molecule has 19 heavy (non-hydrogen) atoms. The number of carboxylic acid groups (broad SMARTS) is 1. The van der Waals surface area contributed by atoms with Crippen molar-refractivity contribution in [2.24, 2.45) is 5.92 Å². The van der Waals surface area contributed by atoms with Gasteiger partial charge in [0.25, 0.3) is 5.91 Å². The van der Waals surface area contributed by atoms with E-state index < -0.39 is 17.8 Å². The molecule has 0 aliphatic heterocycles. The van der Waals surface area contributed by atoms with E-state index in [2.05, 4.69) is 10.3 Å². The number of aliphatic carboxylic acids is 1. The number of carbonyl (C=O) groups excluding carboxylic acids is 1. The fourth-order valence-corrected chi connectivity index (χ4v) is 1.79. The Kier molecular flexibility index (Phi) is 6.05. The van der Waals surface area contributed by atoms with Crippen molar-refractivity contribution in [3.63, 3.8) is 0 Å². The number of hydrogen-bond acceptors (Lipinski definition) is 3. The molecule has 0 spiro atoms. The van der Waals surface area contributed by atoms with Gasteiger partial charge in [-0.05, 0) is 12.5 Å². The van der Waals surface area contributed by atoms with Gasteiger partial charge in [-0.2, -0.15) is 0 Å². The highest BCUT2D eigenvalue weighted by Gasteiger charge is 2.18. The van der Waals surface area contributed by atoms with Crippen LogP contribution in [0.25, 0.3) is 0 Å². The van der Waals surface area contributed by atoms with Crippen LogP contribution in [0.4, 0.5) is 0 Å². The number of nitrogens with one attached hydrogen (secondary N) is 1. The molecule has 1 aromatic rings. The lowest BCUT2D eigenvalue weighted by Crippen LogP contribution is -2.33. The summed E-state index contributed by atoms with van der Waals surface area (Å²) in [5.41, 5.74) is 0.245. The van der Waals surface area contributed by atoms with Gasteiger partial charge in [-0.25, -0.2) is 4.98 Å². The topological polar surface area (TPSA) is 79.3 Å². The molecule has 0 saturated heterocycles.